The summed E-state index contributed by atoms with van der Waals surface area (Å²) in [5.74, 6) is -3.93. The predicted molar refractivity (Wildman–Crippen MR) is 74.2 cm³/mol. The van der Waals surface area contributed by atoms with Crippen molar-refractivity contribution in [1.82, 2.24) is 10.1 Å². The molecule has 122 valence electrons. The van der Waals surface area contributed by atoms with E-state index >= 15 is 0 Å². The Bertz CT molecular complexity index is 702. The van der Waals surface area contributed by atoms with Crippen LogP contribution in [0.1, 0.15) is 0 Å². The highest BCUT2D eigenvalue weighted by Crippen LogP contribution is 2.38. The minimum absolute atomic E-state index is 0.0156. The molecule has 1 aromatic heterocycles. The van der Waals surface area contributed by atoms with Gasteiger partial charge in [0.25, 0.3) is 11.8 Å². The molecule has 9 heteroatoms. The summed E-state index contributed by atoms with van der Waals surface area (Å²) in [6.45, 7) is -0.613. The Hall–Kier alpha value is -2.58. The van der Waals surface area contributed by atoms with Gasteiger partial charge in [0.2, 0.25) is 5.91 Å². The highest BCUT2D eigenvalue weighted by Gasteiger charge is 2.52. The van der Waals surface area contributed by atoms with Crippen molar-refractivity contribution in [2.45, 2.75) is 6.18 Å². The second kappa shape index (κ2) is 5.56. The van der Waals surface area contributed by atoms with Crippen molar-refractivity contribution >= 4 is 11.9 Å². The second-order valence-corrected chi connectivity index (χ2v) is 5.33. The van der Waals surface area contributed by atoms with E-state index in [0.29, 0.717) is 5.56 Å². The van der Waals surface area contributed by atoms with Gasteiger partial charge in [-0.05, 0) is 17.3 Å². The van der Waals surface area contributed by atoms with Crippen molar-refractivity contribution in [3.8, 4) is 11.5 Å². The van der Waals surface area contributed by atoms with E-state index in [1.54, 1.807) is 24.3 Å². The molecule has 1 aliphatic rings. The molecular weight excluding hydrogens is 313 g/mol. The molecule has 2 atom stereocenters. The Balaban J connectivity index is 1.83. The molecule has 1 fully saturated rings. The highest BCUT2D eigenvalue weighted by atomic mass is 19.4. The van der Waals surface area contributed by atoms with Gasteiger partial charge in [-0.2, -0.15) is 18.2 Å². The number of amides is 1. The van der Waals surface area contributed by atoms with E-state index in [9.17, 15) is 18.0 Å². The number of benzene rings is 1. The molecule has 0 radical (unpaired) electrons. The summed E-state index contributed by atoms with van der Waals surface area (Å²) in [5.41, 5.74) is 5.75. The minimum atomic E-state index is -4.51. The average molecular weight is 326 g/mol. The Morgan fingerprint density at radius 2 is 1.96 bits per heavy atom. The number of aromatic nitrogens is 2. The standard InChI is InChI=1S/C14H13F3N4O2/c15-14(16,17)10-7-21(6-9(10)11(18)22)13-19-12(23-20-13)8-4-2-1-3-5-8/h1-5,9-10H,6-7H2,(H2,18,22)/t9-,10-/m1/s1. The molecule has 0 unspecified atom stereocenters. The van der Waals surface area contributed by atoms with Gasteiger partial charge in [0.05, 0.1) is 11.8 Å². The molecule has 0 bridgehead atoms. The number of rotatable bonds is 3. The molecule has 2 aromatic rings. The van der Waals surface area contributed by atoms with E-state index in [2.05, 4.69) is 10.1 Å². The second-order valence-electron chi connectivity index (χ2n) is 5.33. The number of nitrogens with zero attached hydrogens (tertiary/aromatic N) is 3. The average Bonchev–Trinajstić information content (AvgIpc) is 3.14. The van der Waals surface area contributed by atoms with E-state index in [1.165, 1.54) is 4.90 Å². The first-order valence-corrected chi connectivity index (χ1v) is 6.86. The number of carbonyl (C=O) groups is 1. The number of primary amides is 1. The van der Waals surface area contributed by atoms with E-state index in [-0.39, 0.29) is 18.4 Å². The van der Waals surface area contributed by atoms with Crippen molar-refractivity contribution in [1.29, 1.82) is 0 Å². The molecular formula is C14H13F3N4O2. The van der Waals surface area contributed by atoms with Crippen LogP contribution >= 0.6 is 0 Å². The summed E-state index contributed by atoms with van der Waals surface area (Å²) < 4.78 is 44.2. The molecule has 3 rings (SSSR count). The lowest BCUT2D eigenvalue weighted by molar-refractivity contribution is -0.181. The van der Waals surface area contributed by atoms with Crippen LogP contribution in [-0.4, -0.2) is 35.3 Å². The number of hydrogen-bond donors (Lipinski definition) is 1. The van der Waals surface area contributed by atoms with Gasteiger partial charge in [-0.3, -0.25) is 4.79 Å². The smallest absolute Gasteiger partial charge is 0.369 e. The van der Waals surface area contributed by atoms with E-state index < -0.39 is 30.5 Å². The van der Waals surface area contributed by atoms with Crippen molar-refractivity contribution in [2.75, 3.05) is 18.0 Å². The summed E-state index contributed by atoms with van der Waals surface area (Å²) in [5, 5.41) is 3.71. The topological polar surface area (TPSA) is 85.3 Å². The fourth-order valence-electron chi connectivity index (χ4n) is 2.63. The summed E-state index contributed by atoms with van der Waals surface area (Å²) in [6, 6.07) is 8.85. The van der Waals surface area contributed by atoms with Crippen LogP contribution in [0.25, 0.3) is 11.5 Å². The molecule has 1 saturated heterocycles. The van der Waals surface area contributed by atoms with Crippen LogP contribution in [0.3, 0.4) is 0 Å². The number of carbonyl (C=O) groups excluding carboxylic acids is 1. The lowest BCUT2D eigenvalue weighted by Gasteiger charge is -2.18. The third-order valence-electron chi connectivity index (χ3n) is 3.82. The van der Waals surface area contributed by atoms with Crippen LogP contribution in [0.4, 0.5) is 19.1 Å². The van der Waals surface area contributed by atoms with Crippen LogP contribution in [0.2, 0.25) is 0 Å². The monoisotopic (exact) mass is 326 g/mol. The highest BCUT2D eigenvalue weighted by molar-refractivity contribution is 5.78. The van der Waals surface area contributed by atoms with Crippen molar-refractivity contribution in [3.63, 3.8) is 0 Å². The molecule has 6 nitrogen and oxygen atoms in total. The normalized spacial score (nSPS) is 21.6. The van der Waals surface area contributed by atoms with Crippen molar-refractivity contribution < 1.29 is 22.5 Å². The summed E-state index contributed by atoms with van der Waals surface area (Å²) in [4.78, 5) is 16.7. The van der Waals surface area contributed by atoms with Crippen LogP contribution < -0.4 is 10.6 Å². The largest absolute Gasteiger partial charge is 0.394 e. The maximum absolute atomic E-state index is 13.0. The van der Waals surface area contributed by atoms with E-state index in [1.807, 2.05) is 6.07 Å². The number of alkyl halides is 3. The van der Waals surface area contributed by atoms with Gasteiger partial charge in [0.15, 0.2) is 0 Å². The Morgan fingerprint density at radius 3 is 2.52 bits per heavy atom. The first-order chi connectivity index (χ1) is 10.9. The fraction of sp³-hybridized carbons (Fsp3) is 0.357. The number of nitrogens with two attached hydrogens (primary N) is 1. The Labute approximate surface area is 129 Å². The van der Waals surface area contributed by atoms with Crippen molar-refractivity contribution in [2.24, 2.45) is 17.6 Å². The van der Waals surface area contributed by atoms with Gasteiger partial charge in [0.1, 0.15) is 0 Å². The number of anilines is 1. The van der Waals surface area contributed by atoms with Gasteiger partial charge in [-0.25, -0.2) is 0 Å². The van der Waals surface area contributed by atoms with Gasteiger partial charge in [-0.1, -0.05) is 18.2 Å². The molecule has 2 heterocycles. The lowest BCUT2D eigenvalue weighted by atomic mass is 9.95. The maximum Gasteiger partial charge on any atom is 0.394 e. The van der Waals surface area contributed by atoms with E-state index in [4.69, 9.17) is 10.3 Å². The van der Waals surface area contributed by atoms with Crippen LogP contribution in [0.15, 0.2) is 34.9 Å². The third kappa shape index (κ3) is 2.99. The molecule has 23 heavy (non-hydrogen) atoms. The zero-order valence-electron chi connectivity index (χ0n) is 11.8. The molecule has 1 aromatic carbocycles. The molecule has 0 aliphatic carbocycles. The Kier molecular flexibility index (Phi) is 3.70. The van der Waals surface area contributed by atoms with Crippen LogP contribution in [-0.2, 0) is 4.79 Å². The molecule has 1 aliphatic heterocycles. The first kappa shape index (κ1) is 15.3. The minimum Gasteiger partial charge on any atom is -0.369 e. The molecule has 0 saturated carbocycles. The fourth-order valence-corrected chi connectivity index (χ4v) is 2.63. The maximum atomic E-state index is 13.0. The summed E-state index contributed by atoms with van der Waals surface area (Å²) in [6.07, 6.45) is -4.51. The zero-order chi connectivity index (χ0) is 16.6. The van der Waals surface area contributed by atoms with Gasteiger partial charge in [0, 0.05) is 18.7 Å². The van der Waals surface area contributed by atoms with Crippen LogP contribution in [0, 0.1) is 11.8 Å². The molecule has 2 N–H and O–H groups in total. The summed E-state index contributed by atoms with van der Waals surface area (Å²) >= 11 is 0. The SMILES string of the molecule is NC(=O)[C@@H]1CN(c2noc(-c3ccccc3)n2)C[C@H]1C(F)(F)F. The predicted octanol–water partition coefficient (Wildman–Crippen LogP) is 1.84. The number of hydrogen-bond acceptors (Lipinski definition) is 5. The van der Waals surface area contributed by atoms with E-state index in [0.717, 1.165) is 0 Å². The molecule has 0 spiro atoms. The van der Waals surface area contributed by atoms with Crippen LogP contribution in [0.5, 0.6) is 0 Å². The zero-order valence-corrected chi connectivity index (χ0v) is 11.8. The third-order valence-corrected chi connectivity index (χ3v) is 3.82. The Morgan fingerprint density at radius 1 is 1.26 bits per heavy atom. The number of halogens is 3. The first-order valence-electron chi connectivity index (χ1n) is 6.86. The van der Waals surface area contributed by atoms with Crippen molar-refractivity contribution in [3.05, 3.63) is 30.3 Å². The lowest BCUT2D eigenvalue weighted by Crippen LogP contribution is -2.37. The quantitative estimate of drug-likeness (QED) is 0.930. The van der Waals surface area contributed by atoms with Gasteiger partial charge >= 0.3 is 6.18 Å². The summed E-state index contributed by atoms with van der Waals surface area (Å²) in [7, 11) is 0. The molecule has 1 amide bonds. The van der Waals surface area contributed by atoms with Gasteiger partial charge < -0.3 is 15.2 Å². The van der Waals surface area contributed by atoms with Gasteiger partial charge in [-0.15, -0.1) is 0 Å².